The number of aliphatic carboxylic acids is 1. The molecule has 0 radical (unpaired) electrons. The van der Waals surface area contributed by atoms with Gasteiger partial charge in [-0.2, -0.15) is 0 Å². The van der Waals surface area contributed by atoms with Crippen LogP contribution in [0.2, 0.25) is 0 Å². The molecule has 0 aromatic heterocycles. The molecule has 1 atom stereocenters. The third-order valence-corrected chi connectivity index (χ3v) is 0.357. The molecule has 9 heavy (non-hydrogen) atoms. The van der Waals surface area contributed by atoms with E-state index in [-0.39, 0.29) is 0 Å². The predicted molar refractivity (Wildman–Crippen MR) is 27.7 cm³/mol. The SMILES string of the molecule is CC(O)C(=O)O.N=C=O. The first-order chi connectivity index (χ1) is 4.06. The standard InChI is InChI=1S/C3H6O3.CHNO/c1-2(4)3(5)6;2-1-3/h2,4H,1H3,(H,5,6);2H. The van der Waals surface area contributed by atoms with Crippen molar-refractivity contribution in [3.63, 3.8) is 0 Å². The lowest BCUT2D eigenvalue weighted by Gasteiger charge is -1.89. The molecule has 5 heteroatoms. The number of hydrogen-bond donors (Lipinski definition) is 3. The normalized spacial score (nSPS) is 10.0. The van der Waals surface area contributed by atoms with Crippen LogP contribution in [0.25, 0.3) is 0 Å². The first-order valence-electron chi connectivity index (χ1n) is 2.01. The topological polar surface area (TPSA) is 98.4 Å². The summed E-state index contributed by atoms with van der Waals surface area (Å²) in [6, 6.07) is 0. The number of carbonyl (C=O) groups excluding carboxylic acids is 1. The Hall–Kier alpha value is -1.19. The minimum absolute atomic E-state index is 0.750. The third-order valence-electron chi connectivity index (χ3n) is 0.357. The van der Waals surface area contributed by atoms with Crippen molar-refractivity contribution < 1.29 is 19.8 Å². The molecule has 0 spiro atoms. The van der Waals surface area contributed by atoms with Gasteiger partial charge in [0.2, 0.25) is 6.08 Å². The van der Waals surface area contributed by atoms with Crippen LogP contribution >= 0.6 is 0 Å². The van der Waals surface area contributed by atoms with E-state index in [1.807, 2.05) is 0 Å². The van der Waals surface area contributed by atoms with Gasteiger partial charge >= 0.3 is 5.97 Å². The summed E-state index contributed by atoms with van der Waals surface area (Å²) in [5.41, 5.74) is 0. The highest BCUT2D eigenvalue weighted by Gasteiger charge is 2.01. The number of aliphatic hydroxyl groups is 1. The van der Waals surface area contributed by atoms with Gasteiger partial charge in [-0.3, -0.25) is 0 Å². The fraction of sp³-hybridized carbons (Fsp3) is 0.500. The number of carboxylic acids is 1. The van der Waals surface area contributed by atoms with Crippen LogP contribution < -0.4 is 0 Å². The summed E-state index contributed by atoms with van der Waals surface area (Å²) in [5, 5.41) is 21.2. The third kappa shape index (κ3) is 20.0. The lowest BCUT2D eigenvalue weighted by atomic mass is 10.4. The summed E-state index contributed by atoms with van der Waals surface area (Å²) >= 11 is 0. The molecule has 0 aliphatic carbocycles. The largest absolute Gasteiger partial charge is 0.479 e. The first kappa shape index (κ1) is 10.7. The van der Waals surface area contributed by atoms with E-state index in [4.69, 9.17) is 20.4 Å². The van der Waals surface area contributed by atoms with E-state index in [9.17, 15) is 4.79 Å². The Labute approximate surface area is 51.4 Å². The molecule has 0 fully saturated rings. The van der Waals surface area contributed by atoms with Crippen molar-refractivity contribution in [1.29, 1.82) is 5.41 Å². The number of isocyanates is 1. The van der Waals surface area contributed by atoms with Gasteiger partial charge in [-0.1, -0.05) is 0 Å². The number of hydrogen-bond acceptors (Lipinski definition) is 4. The highest BCUT2D eigenvalue weighted by molar-refractivity contribution is 5.71. The maximum Gasteiger partial charge on any atom is 0.332 e. The molecule has 0 aliphatic heterocycles. The molecule has 0 aromatic carbocycles. The van der Waals surface area contributed by atoms with Crippen LogP contribution in [0.15, 0.2) is 0 Å². The lowest BCUT2D eigenvalue weighted by Crippen LogP contribution is -2.13. The van der Waals surface area contributed by atoms with Crippen LogP contribution in [0.5, 0.6) is 0 Å². The lowest BCUT2D eigenvalue weighted by molar-refractivity contribution is -0.145. The van der Waals surface area contributed by atoms with Gasteiger partial charge in [0, 0.05) is 0 Å². The number of aliphatic hydroxyl groups excluding tert-OH is 1. The van der Waals surface area contributed by atoms with Crippen molar-refractivity contribution in [2.45, 2.75) is 13.0 Å². The summed E-state index contributed by atoms with van der Waals surface area (Å²) in [6.07, 6.45) is -0.481. The van der Waals surface area contributed by atoms with Crippen LogP contribution in [0.1, 0.15) is 6.92 Å². The average Bonchev–Trinajstić information content (AvgIpc) is 1.68. The van der Waals surface area contributed by atoms with Crippen molar-refractivity contribution in [2.24, 2.45) is 0 Å². The van der Waals surface area contributed by atoms with Gasteiger partial charge in [-0.05, 0) is 6.92 Å². The summed E-state index contributed by atoms with van der Waals surface area (Å²) < 4.78 is 0. The zero-order valence-electron chi connectivity index (χ0n) is 4.79. The van der Waals surface area contributed by atoms with Gasteiger partial charge in [-0.25, -0.2) is 15.0 Å². The summed E-state index contributed by atoms with van der Waals surface area (Å²) in [7, 11) is 0. The molecule has 0 saturated heterocycles. The van der Waals surface area contributed by atoms with Crippen LogP contribution in [0.4, 0.5) is 0 Å². The van der Waals surface area contributed by atoms with Crippen molar-refractivity contribution in [3.05, 3.63) is 0 Å². The Bertz CT molecular complexity index is 114. The van der Waals surface area contributed by atoms with Crippen LogP contribution in [0.3, 0.4) is 0 Å². The Balaban J connectivity index is 0. The van der Waals surface area contributed by atoms with E-state index >= 15 is 0 Å². The van der Waals surface area contributed by atoms with E-state index < -0.39 is 12.1 Å². The molecule has 0 aromatic rings. The monoisotopic (exact) mass is 133 g/mol. The zero-order chi connectivity index (χ0) is 7.86. The molecule has 52 valence electrons. The number of carbonyl (C=O) groups is 1. The Morgan fingerprint density at radius 3 is 1.89 bits per heavy atom. The van der Waals surface area contributed by atoms with Crippen molar-refractivity contribution in [1.82, 2.24) is 0 Å². The highest BCUT2D eigenvalue weighted by Crippen LogP contribution is 1.73. The van der Waals surface area contributed by atoms with Crippen LogP contribution in [-0.2, 0) is 9.59 Å². The van der Waals surface area contributed by atoms with Gasteiger partial charge in [0.1, 0.15) is 6.10 Å². The molecule has 3 N–H and O–H groups in total. The minimum Gasteiger partial charge on any atom is -0.479 e. The summed E-state index contributed by atoms with van der Waals surface area (Å²) in [4.78, 5) is 17.8. The molecule has 0 heterocycles. The molecule has 0 rings (SSSR count). The van der Waals surface area contributed by atoms with Gasteiger partial charge in [0.15, 0.2) is 0 Å². The van der Waals surface area contributed by atoms with E-state index in [1.54, 1.807) is 0 Å². The second-order valence-corrected chi connectivity index (χ2v) is 1.12. The molecular weight excluding hydrogens is 126 g/mol. The van der Waals surface area contributed by atoms with E-state index in [2.05, 4.69) is 0 Å². The number of rotatable bonds is 1. The predicted octanol–water partition coefficient (Wildman–Crippen LogP) is -0.647. The van der Waals surface area contributed by atoms with E-state index in [0.717, 1.165) is 6.08 Å². The van der Waals surface area contributed by atoms with Crippen LogP contribution in [0, 0.1) is 5.41 Å². The molecule has 5 nitrogen and oxygen atoms in total. The van der Waals surface area contributed by atoms with Crippen molar-refractivity contribution in [3.8, 4) is 0 Å². The molecule has 0 bridgehead atoms. The van der Waals surface area contributed by atoms with Gasteiger partial charge in [0.25, 0.3) is 0 Å². The van der Waals surface area contributed by atoms with Gasteiger partial charge in [0.05, 0.1) is 0 Å². The quantitative estimate of drug-likeness (QED) is 0.327. The Kier molecular flexibility index (Phi) is 8.12. The smallest absolute Gasteiger partial charge is 0.332 e. The molecule has 1 unspecified atom stereocenters. The van der Waals surface area contributed by atoms with Crippen LogP contribution in [-0.4, -0.2) is 28.4 Å². The maximum atomic E-state index is 9.45. The second-order valence-electron chi connectivity index (χ2n) is 1.12. The summed E-state index contributed by atoms with van der Waals surface area (Å²) in [6.45, 7) is 1.20. The minimum atomic E-state index is -1.23. The van der Waals surface area contributed by atoms with E-state index in [0.29, 0.717) is 0 Å². The molecule has 0 amide bonds. The van der Waals surface area contributed by atoms with Gasteiger partial charge in [-0.15, -0.1) is 0 Å². The molecule has 0 saturated carbocycles. The highest BCUT2D eigenvalue weighted by atomic mass is 16.4. The van der Waals surface area contributed by atoms with E-state index in [1.165, 1.54) is 6.92 Å². The molecule has 0 aliphatic rings. The zero-order valence-corrected chi connectivity index (χ0v) is 4.79. The van der Waals surface area contributed by atoms with Crippen molar-refractivity contribution >= 4 is 12.0 Å². The molecular formula is C4H7NO4. The fourth-order valence-electron chi connectivity index (χ4n) is 0. The Morgan fingerprint density at radius 1 is 1.78 bits per heavy atom. The Morgan fingerprint density at radius 2 is 1.89 bits per heavy atom. The maximum absolute atomic E-state index is 9.45. The fourth-order valence-corrected chi connectivity index (χ4v) is 0. The van der Waals surface area contributed by atoms with Gasteiger partial charge < -0.3 is 10.2 Å². The first-order valence-corrected chi connectivity index (χ1v) is 2.01. The second kappa shape index (κ2) is 6.81. The van der Waals surface area contributed by atoms with Crippen molar-refractivity contribution in [2.75, 3.05) is 0 Å². The number of nitrogens with one attached hydrogen (secondary N) is 1. The summed E-state index contributed by atoms with van der Waals surface area (Å²) in [5.74, 6) is -1.19. The average molecular weight is 133 g/mol. The number of carboxylic acid groups (broad SMARTS) is 1.